The molecule has 0 radical (unpaired) electrons. The lowest BCUT2D eigenvalue weighted by atomic mass is 10.1. The molecule has 0 spiro atoms. The lowest BCUT2D eigenvalue weighted by Crippen LogP contribution is -2.51. The van der Waals surface area contributed by atoms with Gasteiger partial charge in [0, 0.05) is 42.8 Å². The van der Waals surface area contributed by atoms with Crippen LogP contribution in [0.15, 0.2) is 28.7 Å². The van der Waals surface area contributed by atoms with E-state index >= 15 is 0 Å². The number of amides is 2. The largest absolute Gasteiger partial charge is 0.353 e. The molecule has 6 heteroatoms. The van der Waals surface area contributed by atoms with Gasteiger partial charge in [-0.1, -0.05) is 28.1 Å². The monoisotopic (exact) mass is 407 g/mol. The summed E-state index contributed by atoms with van der Waals surface area (Å²) in [5.41, 5.74) is 2.16. The maximum atomic E-state index is 12.4. The van der Waals surface area contributed by atoms with Crippen LogP contribution < -0.4 is 5.32 Å². The van der Waals surface area contributed by atoms with E-state index in [1.54, 1.807) is 6.08 Å². The molecule has 0 unspecified atom stereocenters. The molecule has 25 heavy (non-hydrogen) atoms. The number of hydrogen-bond acceptors (Lipinski definition) is 3. The maximum absolute atomic E-state index is 12.4. The summed E-state index contributed by atoms with van der Waals surface area (Å²) in [6, 6.07) is 6.21. The smallest absolute Gasteiger partial charge is 0.246 e. The summed E-state index contributed by atoms with van der Waals surface area (Å²) >= 11 is 3.52. The summed E-state index contributed by atoms with van der Waals surface area (Å²) in [5.74, 6) is 0.0534. The first-order valence-electron chi connectivity index (χ1n) is 8.60. The van der Waals surface area contributed by atoms with E-state index in [0.29, 0.717) is 19.6 Å². The molecular formula is C19H26BrN3O2. The Morgan fingerprint density at radius 1 is 1.24 bits per heavy atom. The van der Waals surface area contributed by atoms with Crippen molar-refractivity contribution < 1.29 is 9.59 Å². The number of carbonyl (C=O) groups excluding carboxylic acids is 2. The molecule has 0 aromatic heterocycles. The van der Waals surface area contributed by atoms with Crippen molar-refractivity contribution in [3.05, 3.63) is 39.9 Å². The molecule has 0 bridgehead atoms. The quantitative estimate of drug-likeness (QED) is 0.762. The second-order valence-electron chi connectivity index (χ2n) is 6.68. The highest BCUT2D eigenvalue weighted by Gasteiger charge is 2.21. The summed E-state index contributed by atoms with van der Waals surface area (Å²) in [5, 5.41) is 2.89. The number of hydrogen-bond donors (Lipinski definition) is 1. The van der Waals surface area contributed by atoms with Crippen LogP contribution in [-0.2, 0) is 9.59 Å². The lowest BCUT2D eigenvalue weighted by Gasteiger charge is -2.33. The van der Waals surface area contributed by atoms with Crippen molar-refractivity contribution in [1.29, 1.82) is 0 Å². The van der Waals surface area contributed by atoms with E-state index in [1.807, 2.05) is 49.9 Å². The average molecular weight is 408 g/mol. The van der Waals surface area contributed by atoms with Crippen LogP contribution in [-0.4, -0.2) is 60.4 Å². The van der Waals surface area contributed by atoms with Gasteiger partial charge in [0.1, 0.15) is 0 Å². The minimum absolute atomic E-state index is 0.0127. The molecule has 1 fully saturated rings. The summed E-state index contributed by atoms with van der Waals surface area (Å²) in [6.07, 6.45) is 3.46. The van der Waals surface area contributed by atoms with E-state index in [-0.39, 0.29) is 17.9 Å². The van der Waals surface area contributed by atoms with E-state index in [0.717, 1.165) is 23.1 Å². The number of carbonyl (C=O) groups is 2. The normalized spacial score (nSPS) is 15.8. The van der Waals surface area contributed by atoms with Gasteiger partial charge in [0.2, 0.25) is 11.8 Å². The molecule has 1 aliphatic heterocycles. The topological polar surface area (TPSA) is 52.7 Å². The van der Waals surface area contributed by atoms with Gasteiger partial charge in [0.05, 0.1) is 6.54 Å². The Balaban J connectivity index is 1.82. The second-order valence-corrected chi connectivity index (χ2v) is 7.54. The first-order chi connectivity index (χ1) is 11.8. The SMILES string of the molecule is Cc1ccc(/C=C/C(=O)N2CCN(CC(=O)NC(C)C)CC2)c(Br)c1. The zero-order valence-corrected chi connectivity index (χ0v) is 16.7. The number of rotatable bonds is 5. The van der Waals surface area contributed by atoms with Crippen LogP contribution in [0.25, 0.3) is 6.08 Å². The van der Waals surface area contributed by atoms with Gasteiger partial charge >= 0.3 is 0 Å². The fraction of sp³-hybridized carbons (Fsp3) is 0.474. The van der Waals surface area contributed by atoms with Gasteiger partial charge in [0.15, 0.2) is 0 Å². The molecule has 5 nitrogen and oxygen atoms in total. The molecule has 0 saturated carbocycles. The Bertz CT molecular complexity index is 650. The molecule has 0 atom stereocenters. The van der Waals surface area contributed by atoms with Crippen molar-refractivity contribution in [2.45, 2.75) is 26.8 Å². The minimum Gasteiger partial charge on any atom is -0.353 e. The van der Waals surface area contributed by atoms with Gasteiger partial charge in [-0.2, -0.15) is 0 Å². The highest BCUT2D eigenvalue weighted by Crippen LogP contribution is 2.19. The maximum Gasteiger partial charge on any atom is 0.246 e. The van der Waals surface area contributed by atoms with Crippen LogP contribution in [0, 0.1) is 6.92 Å². The Morgan fingerprint density at radius 2 is 1.92 bits per heavy atom. The number of benzene rings is 1. The lowest BCUT2D eigenvalue weighted by molar-refractivity contribution is -0.128. The zero-order chi connectivity index (χ0) is 18.4. The molecule has 1 N–H and O–H groups in total. The van der Waals surface area contributed by atoms with Gasteiger partial charge in [-0.25, -0.2) is 0 Å². The molecule has 2 amide bonds. The number of piperazine rings is 1. The summed E-state index contributed by atoms with van der Waals surface area (Å²) in [6.45, 7) is 9.07. The molecule has 136 valence electrons. The van der Waals surface area contributed by atoms with Crippen LogP contribution in [0.4, 0.5) is 0 Å². The molecule has 1 aromatic carbocycles. The summed E-state index contributed by atoms with van der Waals surface area (Å²) < 4.78 is 0.984. The van der Waals surface area contributed by atoms with Gasteiger partial charge in [-0.05, 0) is 44.0 Å². The standard InChI is InChI=1S/C19H26BrN3O2/c1-14(2)21-18(24)13-22-8-10-23(11-9-22)19(25)7-6-16-5-4-15(3)12-17(16)20/h4-7,12,14H,8-11,13H2,1-3H3,(H,21,24)/b7-6+. The van der Waals surface area contributed by atoms with E-state index < -0.39 is 0 Å². The van der Waals surface area contributed by atoms with Gasteiger partial charge < -0.3 is 10.2 Å². The molecular weight excluding hydrogens is 382 g/mol. The first kappa shape index (κ1) is 19.7. The Morgan fingerprint density at radius 3 is 2.52 bits per heavy atom. The van der Waals surface area contributed by atoms with Crippen LogP contribution in [0.3, 0.4) is 0 Å². The molecule has 1 aliphatic rings. The van der Waals surface area contributed by atoms with Gasteiger partial charge in [-0.3, -0.25) is 14.5 Å². The number of aryl methyl sites for hydroxylation is 1. The fourth-order valence-electron chi connectivity index (χ4n) is 2.73. The molecule has 1 saturated heterocycles. The van der Waals surface area contributed by atoms with Crippen molar-refractivity contribution in [2.24, 2.45) is 0 Å². The van der Waals surface area contributed by atoms with Crippen LogP contribution in [0.1, 0.15) is 25.0 Å². The van der Waals surface area contributed by atoms with E-state index in [2.05, 4.69) is 26.1 Å². The summed E-state index contributed by atoms with van der Waals surface area (Å²) in [4.78, 5) is 28.1. The highest BCUT2D eigenvalue weighted by atomic mass is 79.9. The Labute approximate surface area is 158 Å². The average Bonchev–Trinajstić information content (AvgIpc) is 2.53. The number of halogens is 1. The molecule has 0 aliphatic carbocycles. The summed E-state index contributed by atoms with van der Waals surface area (Å²) in [7, 11) is 0. The van der Waals surface area contributed by atoms with E-state index in [9.17, 15) is 9.59 Å². The third kappa shape index (κ3) is 6.29. The van der Waals surface area contributed by atoms with Crippen molar-refractivity contribution in [3.63, 3.8) is 0 Å². The predicted octanol–water partition coefficient (Wildman–Crippen LogP) is 2.44. The third-order valence-electron chi connectivity index (χ3n) is 4.06. The van der Waals surface area contributed by atoms with Crippen LogP contribution in [0.5, 0.6) is 0 Å². The van der Waals surface area contributed by atoms with E-state index in [4.69, 9.17) is 0 Å². The Hall–Kier alpha value is -1.66. The first-order valence-corrected chi connectivity index (χ1v) is 9.39. The Kier molecular flexibility index (Phi) is 7.20. The molecule has 2 rings (SSSR count). The third-order valence-corrected chi connectivity index (χ3v) is 4.75. The van der Waals surface area contributed by atoms with Gasteiger partial charge in [0.25, 0.3) is 0 Å². The minimum atomic E-state index is 0.0127. The van der Waals surface area contributed by atoms with Crippen molar-refractivity contribution in [1.82, 2.24) is 15.1 Å². The number of nitrogens with zero attached hydrogens (tertiary/aromatic N) is 2. The van der Waals surface area contributed by atoms with Crippen molar-refractivity contribution in [2.75, 3.05) is 32.7 Å². The van der Waals surface area contributed by atoms with Crippen molar-refractivity contribution in [3.8, 4) is 0 Å². The molecule has 1 heterocycles. The second kappa shape index (κ2) is 9.15. The highest BCUT2D eigenvalue weighted by molar-refractivity contribution is 9.10. The fourth-order valence-corrected chi connectivity index (χ4v) is 3.36. The number of nitrogens with one attached hydrogen (secondary N) is 1. The molecule has 1 aromatic rings. The van der Waals surface area contributed by atoms with Crippen LogP contribution in [0.2, 0.25) is 0 Å². The zero-order valence-electron chi connectivity index (χ0n) is 15.1. The predicted molar refractivity (Wildman–Crippen MR) is 104 cm³/mol. The van der Waals surface area contributed by atoms with Gasteiger partial charge in [-0.15, -0.1) is 0 Å². The van der Waals surface area contributed by atoms with Crippen LogP contribution >= 0.6 is 15.9 Å². The van der Waals surface area contributed by atoms with Crippen molar-refractivity contribution >= 4 is 33.8 Å². The van der Waals surface area contributed by atoms with E-state index in [1.165, 1.54) is 5.56 Å².